The van der Waals surface area contributed by atoms with Crippen LogP contribution in [0.5, 0.6) is 0 Å². The molecule has 0 fully saturated rings. The summed E-state index contributed by atoms with van der Waals surface area (Å²) in [5, 5.41) is -0.351. The van der Waals surface area contributed by atoms with Crippen molar-refractivity contribution in [2.75, 3.05) is 0 Å². The Kier molecular flexibility index (Phi) is 4.26. The van der Waals surface area contributed by atoms with Crippen LogP contribution in [0.3, 0.4) is 0 Å². The molecule has 7 aromatic carbocycles. The van der Waals surface area contributed by atoms with Crippen LogP contribution in [-0.4, -0.2) is 15.0 Å². The first-order valence-corrected chi connectivity index (χ1v) is 15.5. The van der Waals surface area contributed by atoms with Crippen molar-refractivity contribution >= 4 is 32.7 Å². The summed E-state index contributed by atoms with van der Waals surface area (Å²) in [6, 6.07) is 27.7. The molecule has 1 aliphatic carbocycles. The molecule has 4 nitrogen and oxygen atoms in total. The molecule has 0 atom stereocenters. The minimum absolute atomic E-state index is 0.0256. The monoisotopic (exact) mass is 622 g/mol. The van der Waals surface area contributed by atoms with Crippen LogP contribution in [0.15, 0.2) is 156 Å². The predicted octanol–water partition coefficient (Wildman–Crippen LogP) is 11.2. The van der Waals surface area contributed by atoms with E-state index < -0.39 is 54.4 Å². The largest absolute Gasteiger partial charge is 0.455 e. The Morgan fingerprint density at radius 1 is 0.500 bits per heavy atom. The van der Waals surface area contributed by atoms with Crippen molar-refractivity contribution in [1.29, 1.82) is 0 Å². The first-order valence-electron chi connectivity index (χ1n) is 20.0. The molecule has 9 aromatic rings. The number of benzene rings is 7. The van der Waals surface area contributed by atoms with Crippen LogP contribution in [0, 0.1) is 0 Å². The lowest BCUT2D eigenvalue weighted by molar-refractivity contribution is 0.672. The second-order valence-corrected chi connectivity index (χ2v) is 11.7. The summed E-state index contributed by atoms with van der Waals surface area (Å²) in [7, 11) is 0. The van der Waals surface area contributed by atoms with Crippen molar-refractivity contribution in [2.45, 2.75) is 6.42 Å². The zero-order valence-electron chi connectivity index (χ0n) is 34.2. The van der Waals surface area contributed by atoms with Gasteiger partial charge >= 0.3 is 0 Å². The third-order valence-corrected chi connectivity index (χ3v) is 8.89. The quantitative estimate of drug-likeness (QED) is 0.196. The molecule has 0 unspecified atom stereocenters. The number of furan rings is 1. The highest BCUT2D eigenvalue weighted by Crippen LogP contribution is 2.42. The van der Waals surface area contributed by atoms with Gasteiger partial charge in [-0.2, -0.15) is 0 Å². The van der Waals surface area contributed by atoms with E-state index >= 15 is 0 Å². The molecule has 2 heterocycles. The Labute approximate surface area is 289 Å². The fourth-order valence-corrected chi connectivity index (χ4v) is 6.63. The second kappa shape index (κ2) is 10.6. The van der Waals surface area contributed by atoms with Gasteiger partial charge in [0.2, 0.25) is 0 Å². The molecule has 48 heavy (non-hydrogen) atoms. The first kappa shape index (κ1) is 19.3. The molecule has 0 bridgehead atoms. The zero-order chi connectivity index (χ0) is 39.4. The molecule has 0 saturated heterocycles. The number of aromatic nitrogens is 3. The molecule has 0 saturated carbocycles. The highest BCUT2D eigenvalue weighted by Gasteiger charge is 2.22. The van der Waals surface area contributed by atoms with E-state index in [2.05, 4.69) is 30.3 Å². The van der Waals surface area contributed by atoms with Gasteiger partial charge in [0, 0.05) is 32.8 Å². The number of nitrogens with zero attached hydrogens (tertiary/aromatic N) is 3. The van der Waals surface area contributed by atoms with Crippen molar-refractivity contribution in [1.82, 2.24) is 15.0 Å². The van der Waals surface area contributed by atoms with Gasteiger partial charge in [0.25, 0.3) is 0 Å². The van der Waals surface area contributed by atoms with Crippen LogP contribution in [0.1, 0.15) is 23.5 Å². The molecule has 0 spiro atoms. The lowest BCUT2D eigenvalue weighted by atomic mass is 9.99. The Balaban J connectivity index is 1.22. The van der Waals surface area contributed by atoms with Crippen molar-refractivity contribution in [3.05, 3.63) is 163 Å². The smallest absolute Gasteiger partial charge is 0.164 e. The molecule has 2 aromatic heterocycles. The summed E-state index contributed by atoms with van der Waals surface area (Å²) in [6.45, 7) is 0. The van der Waals surface area contributed by atoms with E-state index in [1.54, 1.807) is 0 Å². The van der Waals surface area contributed by atoms with Gasteiger partial charge in [-0.05, 0) is 63.3 Å². The third kappa shape index (κ3) is 4.27. The van der Waals surface area contributed by atoms with E-state index in [9.17, 15) is 1.37 Å². The Morgan fingerprint density at radius 2 is 1.17 bits per heavy atom. The zero-order valence-corrected chi connectivity index (χ0v) is 25.2. The summed E-state index contributed by atoms with van der Waals surface area (Å²) < 4.78 is 85.0. The lowest BCUT2D eigenvalue weighted by Crippen LogP contribution is -2.00. The summed E-state index contributed by atoms with van der Waals surface area (Å²) >= 11 is 0. The molecule has 1 aliphatic rings. The lowest BCUT2D eigenvalue weighted by Gasteiger charge is -2.10. The highest BCUT2D eigenvalue weighted by atomic mass is 16.3. The molecule has 224 valence electrons. The van der Waals surface area contributed by atoms with Crippen LogP contribution in [-0.2, 0) is 6.42 Å². The van der Waals surface area contributed by atoms with Crippen molar-refractivity contribution < 1.29 is 16.8 Å². The van der Waals surface area contributed by atoms with E-state index in [4.69, 9.17) is 30.3 Å². The summed E-state index contributed by atoms with van der Waals surface area (Å²) in [5.74, 6) is 0.541. The molecule has 0 N–H and O–H groups in total. The minimum atomic E-state index is -0.557. The summed E-state index contributed by atoms with van der Waals surface area (Å²) in [6.07, 6.45) is 0.698. The Hall–Kier alpha value is -6.39. The van der Waals surface area contributed by atoms with Gasteiger partial charge in [-0.1, -0.05) is 133 Å². The topological polar surface area (TPSA) is 51.8 Å². The standard InChI is InChI=1S/C44H27N3O/c1-3-10-27(11-4-1)30-19-21-34-32(24-30)26-33-25-31(20-22-35(33)34)43-45-42(29-13-5-2-6-14-29)46-44(47-43)38-16-9-17-39-40(38)37-23-18-28-12-7-8-15-36(28)41(37)48-39/h1-25H,26H2/i7D,8D,9D,12D,15D,16D,17D,18D,23D. The van der Waals surface area contributed by atoms with E-state index in [0.717, 1.165) is 27.8 Å². The minimum Gasteiger partial charge on any atom is -0.455 e. The average molecular weight is 623 g/mol. The van der Waals surface area contributed by atoms with Crippen LogP contribution < -0.4 is 0 Å². The first-order chi connectivity index (χ1) is 27.5. The highest BCUT2D eigenvalue weighted by molar-refractivity contribution is 6.18. The SMILES string of the molecule is [2H]c1c([2H])c(-c2nc(-c3ccccc3)nc(-c3ccc4c(c3)Cc3cc(-c5ccccc5)ccc3-4)n2)c2c(oc3c4c([2H])c([2H])c([2H])c([2H])c4c([2H])c([2H])c32)c1[2H]. The maximum absolute atomic E-state index is 9.22. The fourth-order valence-electron chi connectivity index (χ4n) is 6.63. The van der Waals surface area contributed by atoms with Crippen molar-refractivity contribution in [3.8, 4) is 56.4 Å². The van der Waals surface area contributed by atoms with Crippen LogP contribution >= 0.6 is 0 Å². The van der Waals surface area contributed by atoms with Crippen LogP contribution in [0.4, 0.5) is 0 Å². The maximum atomic E-state index is 9.22. The van der Waals surface area contributed by atoms with Gasteiger partial charge in [-0.25, -0.2) is 15.0 Å². The molecular formula is C44H27N3O. The maximum Gasteiger partial charge on any atom is 0.164 e. The summed E-state index contributed by atoms with van der Waals surface area (Å²) in [4.78, 5) is 14.6. The van der Waals surface area contributed by atoms with Gasteiger partial charge < -0.3 is 4.42 Å². The predicted molar refractivity (Wildman–Crippen MR) is 195 cm³/mol. The van der Waals surface area contributed by atoms with Gasteiger partial charge in [0.1, 0.15) is 11.2 Å². The van der Waals surface area contributed by atoms with Gasteiger partial charge in [0.05, 0.1) is 12.3 Å². The van der Waals surface area contributed by atoms with Gasteiger partial charge in [-0.3, -0.25) is 0 Å². The molecule has 4 heteroatoms. The van der Waals surface area contributed by atoms with E-state index in [1.165, 1.54) is 5.56 Å². The second-order valence-electron chi connectivity index (χ2n) is 11.7. The van der Waals surface area contributed by atoms with E-state index in [0.29, 0.717) is 17.5 Å². The molecular weight excluding hydrogens is 587 g/mol. The molecule has 0 amide bonds. The normalized spacial score (nSPS) is 14.7. The Bertz CT molecular complexity index is 3210. The number of hydrogen-bond acceptors (Lipinski definition) is 4. The molecule has 10 rings (SSSR count). The van der Waals surface area contributed by atoms with Gasteiger partial charge in [-0.15, -0.1) is 0 Å². The number of rotatable bonds is 4. The molecule has 0 radical (unpaired) electrons. The number of hydrogen-bond donors (Lipinski definition) is 0. The number of fused-ring (bicyclic) bond motifs is 8. The van der Waals surface area contributed by atoms with Gasteiger partial charge in [0.15, 0.2) is 17.5 Å². The fraction of sp³-hybridized carbons (Fsp3) is 0.0227. The van der Waals surface area contributed by atoms with E-state index in [-0.39, 0.29) is 55.7 Å². The van der Waals surface area contributed by atoms with E-state index in [1.807, 2.05) is 66.7 Å². The van der Waals surface area contributed by atoms with Crippen molar-refractivity contribution in [3.63, 3.8) is 0 Å². The molecule has 0 aliphatic heterocycles. The van der Waals surface area contributed by atoms with Crippen LogP contribution in [0.25, 0.3) is 89.1 Å². The Morgan fingerprint density at radius 3 is 1.96 bits per heavy atom. The van der Waals surface area contributed by atoms with Crippen molar-refractivity contribution in [2.24, 2.45) is 0 Å². The average Bonchev–Trinajstić information content (AvgIpc) is 3.81. The summed E-state index contributed by atoms with van der Waals surface area (Å²) in [5.41, 5.74) is 7.79. The van der Waals surface area contributed by atoms with Crippen LogP contribution in [0.2, 0.25) is 0 Å². The third-order valence-electron chi connectivity index (χ3n) is 8.89.